The van der Waals surface area contributed by atoms with Crippen molar-refractivity contribution in [3.8, 4) is 9.88 Å². The number of aromatic nitrogens is 2. The molecule has 0 aromatic carbocycles. The van der Waals surface area contributed by atoms with Gasteiger partial charge in [-0.1, -0.05) is 18.3 Å². The normalized spacial score (nSPS) is 11.0. The molecule has 0 unspecified atom stereocenters. The van der Waals surface area contributed by atoms with Gasteiger partial charge in [-0.05, 0) is 23.4 Å². The van der Waals surface area contributed by atoms with E-state index in [9.17, 15) is 0 Å². The second kappa shape index (κ2) is 6.94. The predicted octanol–water partition coefficient (Wildman–Crippen LogP) is 2.57. The van der Waals surface area contributed by atoms with Crippen LogP contribution in [0.2, 0.25) is 0 Å². The van der Waals surface area contributed by atoms with Gasteiger partial charge in [-0.3, -0.25) is 0 Å². The van der Waals surface area contributed by atoms with E-state index in [4.69, 9.17) is 4.74 Å². The van der Waals surface area contributed by atoms with Crippen LogP contribution in [-0.4, -0.2) is 30.5 Å². The first-order valence-corrected chi connectivity index (χ1v) is 7.63. The Bertz CT molecular complexity index is 481. The molecule has 0 amide bonds. The molecule has 0 bridgehead atoms. The fourth-order valence-electron chi connectivity index (χ4n) is 1.59. The van der Waals surface area contributed by atoms with Gasteiger partial charge in [0, 0.05) is 20.2 Å². The maximum Gasteiger partial charge on any atom is 0.158 e. The van der Waals surface area contributed by atoms with Crippen LogP contribution in [0.25, 0.3) is 9.88 Å². The summed E-state index contributed by atoms with van der Waals surface area (Å²) in [6.07, 6.45) is 1.04. The average Bonchev–Trinajstić information content (AvgIpc) is 3.02. The summed E-state index contributed by atoms with van der Waals surface area (Å²) < 4.78 is 4.98. The molecule has 0 aliphatic carbocycles. The lowest BCUT2D eigenvalue weighted by molar-refractivity contribution is 0.199. The van der Waals surface area contributed by atoms with E-state index >= 15 is 0 Å². The van der Waals surface area contributed by atoms with Gasteiger partial charge < -0.3 is 10.1 Å². The van der Waals surface area contributed by atoms with E-state index in [1.165, 1.54) is 10.4 Å². The second-order valence-electron chi connectivity index (χ2n) is 3.80. The highest BCUT2D eigenvalue weighted by Crippen LogP contribution is 2.32. The Hall–Kier alpha value is -0.820. The fourth-order valence-corrected chi connectivity index (χ4v) is 3.52. The van der Waals surface area contributed by atoms with Crippen molar-refractivity contribution in [1.82, 2.24) is 15.5 Å². The molecule has 0 atom stereocenters. The molecule has 2 rings (SSSR count). The van der Waals surface area contributed by atoms with Crippen LogP contribution < -0.4 is 5.32 Å². The molecule has 6 heteroatoms. The molecule has 0 aliphatic rings. The summed E-state index contributed by atoms with van der Waals surface area (Å²) >= 11 is 3.40. The summed E-state index contributed by atoms with van der Waals surface area (Å²) in [5.41, 5.74) is 1.36. The molecule has 0 aliphatic heterocycles. The Balaban J connectivity index is 1.97. The van der Waals surface area contributed by atoms with Gasteiger partial charge in [-0.15, -0.1) is 21.5 Å². The van der Waals surface area contributed by atoms with E-state index in [1.54, 1.807) is 29.8 Å². The minimum atomic E-state index is 0.719. The van der Waals surface area contributed by atoms with E-state index in [1.807, 2.05) is 0 Å². The standard InChI is InChI=1S/C12H17N3OS2/c1-3-9-4-7-17-11(9)12-15-14-10(18-12)8-13-5-6-16-2/h4,7,13H,3,5-6,8H2,1-2H3. The molecule has 1 N–H and O–H groups in total. The fraction of sp³-hybridized carbons (Fsp3) is 0.500. The minimum absolute atomic E-state index is 0.719. The van der Waals surface area contributed by atoms with Gasteiger partial charge >= 0.3 is 0 Å². The summed E-state index contributed by atoms with van der Waals surface area (Å²) in [6, 6.07) is 2.16. The van der Waals surface area contributed by atoms with Crippen LogP contribution in [0, 0.1) is 0 Å². The van der Waals surface area contributed by atoms with Gasteiger partial charge in [0.2, 0.25) is 0 Å². The molecule has 2 aromatic rings. The number of methoxy groups -OCH3 is 1. The number of ether oxygens (including phenoxy) is 1. The van der Waals surface area contributed by atoms with Crippen LogP contribution >= 0.6 is 22.7 Å². The summed E-state index contributed by atoms with van der Waals surface area (Å²) in [4.78, 5) is 1.26. The zero-order valence-electron chi connectivity index (χ0n) is 10.6. The highest BCUT2D eigenvalue weighted by molar-refractivity contribution is 7.20. The zero-order valence-corrected chi connectivity index (χ0v) is 12.2. The first-order valence-electron chi connectivity index (χ1n) is 5.94. The molecule has 0 saturated heterocycles. The van der Waals surface area contributed by atoms with Crippen molar-refractivity contribution in [3.05, 3.63) is 22.0 Å². The molecule has 4 nitrogen and oxygen atoms in total. The molecule has 18 heavy (non-hydrogen) atoms. The van der Waals surface area contributed by atoms with Crippen LogP contribution in [-0.2, 0) is 17.7 Å². The maximum absolute atomic E-state index is 4.98. The van der Waals surface area contributed by atoms with Crippen LogP contribution in [0.5, 0.6) is 0 Å². The summed E-state index contributed by atoms with van der Waals surface area (Å²) in [6.45, 7) is 4.48. The topological polar surface area (TPSA) is 47.0 Å². The molecule has 0 saturated carbocycles. The smallest absolute Gasteiger partial charge is 0.158 e. The van der Waals surface area contributed by atoms with E-state index in [-0.39, 0.29) is 0 Å². The van der Waals surface area contributed by atoms with Gasteiger partial charge in [0.25, 0.3) is 0 Å². The number of nitrogens with zero attached hydrogens (tertiary/aromatic N) is 2. The lowest BCUT2D eigenvalue weighted by Gasteiger charge is -1.99. The average molecular weight is 283 g/mol. The molecule has 0 spiro atoms. The van der Waals surface area contributed by atoms with Crippen molar-refractivity contribution in [3.63, 3.8) is 0 Å². The summed E-state index contributed by atoms with van der Waals surface area (Å²) in [5.74, 6) is 0. The minimum Gasteiger partial charge on any atom is -0.383 e. The van der Waals surface area contributed by atoms with E-state index < -0.39 is 0 Å². The molecule has 0 radical (unpaired) electrons. The number of rotatable bonds is 7. The Labute approximate surface area is 115 Å². The Morgan fingerprint density at radius 3 is 3.06 bits per heavy atom. The predicted molar refractivity (Wildman–Crippen MR) is 76.2 cm³/mol. The highest BCUT2D eigenvalue weighted by atomic mass is 32.1. The Morgan fingerprint density at radius 2 is 2.28 bits per heavy atom. The summed E-state index contributed by atoms with van der Waals surface area (Å²) in [5, 5.41) is 15.9. The second-order valence-corrected chi connectivity index (χ2v) is 5.78. The number of nitrogens with one attached hydrogen (secondary N) is 1. The number of hydrogen-bond acceptors (Lipinski definition) is 6. The third kappa shape index (κ3) is 3.35. The van der Waals surface area contributed by atoms with Crippen molar-refractivity contribution in [1.29, 1.82) is 0 Å². The molecule has 98 valence electrons. The van der Waals surface area contributed by atoms with Crippen molar-refractivity contribution in [2.75, 3.05) is 20.3 Å². The molecular formula is C12H17N3OS2. The van der Waals surface area contributed by atoms with Crippen molar-refractivity contribution < 1.29 is 4.74 Å². The third-order valence-electron chi connectivity index (χ3n) is 2.55. The van der Waals surface area contributed by atoms with Gasteiger partial charge in [0.15, 0.2) is 5.01 Å². The van der Waals surface area contributed by atoms with Gasteiger partial charge in [-0.2, -0.15) is 0 Å². The monoisotopic (exact) mass is 283 g/mol. The number of hydrogen-bond donors (Lipinski definition) is 1. The van der Waals surface area contributed by atoms with Crippen LogP contribution in [0.1, 0.15) is 17.5 Å². The Kier molecular flexibility index (Phi) is 5.25. The van der Waals surface area contributed by atoms with Crippen LogP contribution in [0.3, 0.4) is 0 Å². The van der Waals surface area contributed by atoms with Crippen LogP contribution in [0.4, 0.5) is 0 Å². The lowest BCUT2D eigenvalue weighted by Crippen LogP contribution is -2.18. The molecule has 2 aromatic heterocycles. The van der Waals surface area contributed by atoms with Gasteiger partial charge in [-0.25, -0.2) is 0 Å². The molecule has 2 heterocycles. The first kappa shape index (κ1) is 13.6. The molecular weight excluding hydrogens is 266 g/mol. The largest absolute Gasteiger partial charge is 0.383 e. The van der Waals surface area contributed by atoms with Crippen LogP contribution in [0.15, 0.2) is 11.4 Å². The molecule has 0 fully saturated rings. The van der Waals surface area contributed by atoms with E-state index in [0.717, 1.165) is 36.1 Å². The van der Waals surface area contributed by atoms with Crippen molar-refractivity contribution in [2.45, 2.75) is 19.9 Å². The van der Waals surface area contributed by atoms with Crippen molar-refractivity contribution >= 4 is 22.7 Å². The Morgan fingerprint density at radius 1 is 1.39 bits per heavy atom. The SMILES string of the molecule is CCc1ccsc1-c1nnc(CNCCOC)s1. The third-order valence-corrected chi connectivity index (χ3v) is 4.58. The van der Waals surface area contributed by atoms with Gasteiger partial charge in [0.05, 0.1) is 11.5 Å². The maximum atomic E-state index is 4.98. The van der Waals surface area contributed by atoms with E-state index in [2.05, 4.69) is 33.9 Å². The van der Waals surface area contributed by atoms with E-state index in [0.29, 0.717) is 0 Å². The quantitative estimate of drug-likeness (QED) is 0.793. The summed E-state index contributed by atoms with van der Waals surface area (Å²) in [7, 11) is 1.70. The van der Waals surface area contributed by atoms with Gasteiger partial charge in [0.1, 0.15) is 5.01 Å². The highest BCUT2D eigenvalue weighted by Gasteiger charge is 2.11. The zero-order chi connectivity index (χ0) is 12.8. The first-order chi connectivity index (χ1) is 8.85. The van der Waals surface area contributed by atoms with Crippen molar-refractivity contribution in [2.24, 2.45) is 0 Å². The number of aryl methyl sites for hydroxylation is 1. The number of thiophene rings is 1. The lowest BCUT2D eigenvalue weighted by atomic mass is 10.2.